The lowest BCUT2D eigenvalue weighted by Crippen LogP contribution is -2.37. The number of ether oxygens (including phenoxy) is 2. The van der Waals surface area contributed by atoms with Gasteiger partial charge in [-0.15, -0.1) is 0 Å². The number of fused-ring (bicyclic) bond motifs is 1. The predicted molar refractivity (Wildman–Crippen MR) is 83.2 cm³/mol. The van der Waals surface area contributed by atoms with Crippen LogP contribution in [-0.2, 0) is 6.54 Å². The Morgan fingerprint density at radius 2 is 2.09 bits per heavy atom. The molecule has 0 saturated heterocycles. The zero-order chi connectivity index (χ0) is 15.5. The van der Waals surface area contributed by atoms with Gasteiger partial charge < -0.3 is 9.47 Å². The molecule has 0 bridgehead atoms. The van der Waals surface area contributed by atoms with E-state index in [2.05, 4.69) is 18.8 Å². The average molecular weight is 300 g/mol. The van der Waals surface area contributed by atoms with Crippen molar-refractivity contribution in [1.29, 1.82) is 0 Å². The summed E-state index contributed by atoms with van der Waals surface area (Å²) < 4.78 is 13.8. The number of aromatic nitrogens is 2. The first-order valence-corrected chi connectivity index (χ1v) is 7.57. The summed E-state index contributed by atoms with van der Waals surface area (Å²) in [7, 11) is 0. The number of hydrogen-bond acceptors (Lipinski definition) is 4. The van der Waals surface area contributed by atoms with E-state index in [1.165, 1.54) is 6.07 Å². The van der Waals surface area contributed by atoms with E-state index in [4.69, 9.17) is 9.47 Å². The second-order valence-electron chi connectivity index (χ2n) is 5.96. The fraction of sp³-hybridized carbons (Fsp3) is 0.412. The minimum atomic E-state index is -0.281. The number of nitrogens with zero attached hydrogens (tertiary/aromatic N) is 2. The summed E-state index contributed by atoms with van der Waals surface area (Å²) in [6.07, 6.45) is 2.37. The average Bonchev–Trinajstić information content (AvgIpc) is 2.90. The second kappa shape index (κ2) is 6.22. The minimum absolute atomic E-state index is 0.0841. The molecular weight excluding hydrogens is 280 g/mol. The summed E-state index contributed by atoms with van der Waals surface area (Å²) in [6, 6.07) is 11.6. The molecule has 116 valence electrons. The van der Waals surface area contributed by atoms with Crippen molar-refractivity contribution >= 4 is 0 Å². The molecule has 22 heavy (non-hydrogen) atoms. The van der Waals surface area contributed by atoms with E-state index in [-0.39, 0.29) is 17.8 Å². The highest BCUT2D eigenvalue weighted by Gasteiger charge is 2.32. The van der Waals surface area contributed by atoms with Crippen LogP contribution in [0.25, 0.3) is 0 Å². The van der Waals surface area contributed by atoms with E-state index >= 15 is 0 Å². The van der Waals surface area contributed by atoms with Crippen LogP contribution in [0.3, 0.4) is 0 Å². The summed E-state index contributed by atoms with van der Waals surface area (Å²) in [5.41, 5.74) is -0.281. The van der Waals surface area contributed by atoms with Gasteiger partial charge in [-0.25, -0.2) is 0 Å². The van der Waals surface area contributed by atoms with Crippen LogP contribution in [0.15, 0.2) is 47.4 Å². The molecular formula is C17H20N2O3. The lowest BCUT2D eigenvalue weighted by molar-refractivity contribution is 0.0508. The van der Waals surface area contributed by atoms with Crippen molar-refractivity contribution in [2.24, 2.45) is 5.92 Å². The molecule has 1 aliphatic heterocycles. The maximum atomic E-state index is 11.3. The molecule has 1 aromatic heterocycles. The molecule has 0 N–H and O–H groups in total. The van der Waals surface area contributed by atoms with E-state index in [0.717, 1.165) is 12.2 Å². The van der Waals surface area contributed by atoms with Crippen molar-refractivity contribution in [1.82, 2.24) is 9.55 Å². The molecule has 1 aliphatic rings. The van der Waals surface area contributed by atoms with Crippen LogP contribution in [0.5, 0.6) is 11.8 Å². The molecule has 5 heteroatoms. The lowest BCUT2D eigenvalue weighted by atomic mass is 10.0. The summed E-state index contributed by atoms with van der Waals surface area (Å²) in [4.78, 5) is 15.2. The zero-order valence-corrected chi connectivity index (χ0v) is 12.8. The van der Waals surface area contributed by atoms with Gasteiger partial charge in [0.15, 0.2) is 6.10 Å². The van der Waals surface area contributed by atoms with Gasteiger partial charge in [-0.1, -0.05) is 32.0 Å². The maximum Gasteiger partial charge on any atom is 0.300 e. The molecule has 2 unspecified atom stereocenters. The van der Waals surface area contributed by atoms with E-state index in [1.54, 1.807) is 6.20 Å². The Morgan fingerprint density at radius 3 is 2.82 bits per heavy atom. The number of hydrogen-bond donors (Lipinski definition) is 0. The van der Waals surface area contributed by atoms with Gasteiger partial charge in [-0.3, -0.25) is 9.36 Å². The zero-order valence-electron chi connectivity index (χ0n) is 12.8. The maximum absolute atomic E-state index is 11.3. The Labute approximate surface area is 129 Å². The van der Waals surface area contributed by atoms with Crippen molar-refractivity contribution in [3.05, 3.63) is 52.9 Å². The van der Waals surface area contributed by atoms with Gasteiger partial charge in [0.05, 0.1) is 6.54 Å². The Kier molecular flexibility index (Phi) is 4.13. The summed E-state index contributed by atoms with van der Waals surface area (Å²) in [6.45, 7) is 4.96. The molecule has 0 saturated carbocycles. The molecule has 2 atom stereocenters. The van der Waals surface area contributed by atoms with Gasteiger partial charge in [0, 0.05) is 12.3 Å². The molecule has 0 spiro atoms. The van der Waals surface area contributed by atoms with Crippen LogP contribution in [-0.4, -0.2) is 21.8 Å². The van der Waals surface area contributed by atoms with E-state index in [9.17, 15) is 4.79 Å². The highest BCUT2D eigenvalue weighted by atomic mass is 16.6. The third-order valence-corrected chi connectivity index (χ3v) is 3.63. The number of para-hydroxylation sites is 1. The summed E-state index contributed by atoms with van der Waals surface area (Å²) >= 11 is 0. The Hall–Kier alpha value is -2.30. The largest absolute Gasteiger partial charge is 0.486 e. The van der Waals surface area contributed by atoms with Crippen molar-refractivity contribution in [3.63, 3.8) is 0 Å². The van der Waals surface area contributed by atoms with Crippen LogP contribution in [0, 0.1) is 5.92 Å². The molecule has 0 radical (unpaired) electrons. The van der Waals surface area contributed by atoms with E-state index < -0.39 is 0 Å². The van der Waals surface area contributed by atoms with Crippen molar-refractivity contribution in [3.8, 4) is 11.8 Å². The number of rotatable bonds is 5. The van der Waals surface area contributed by atoms with Gasteiger partial charge in [-0.2, -0.15) is 4.98 Å². The third kappa shape index (κ3) is 3.30. The highest BCUT2D eigenvalue weighted by molar-refractivity contribution is 5.21. The highest BCUT2D eigenvalue weighted by Crippen LogP contribution is 2.25. The Morgan fingerprint density at radius 1 is 1.32 bits per heavy atom. The van der Waals surface area contributed by atoms with Crippen LogP contribution in [0.2, 0.25) is 0 Å². The van der Waals surface area contributed by atoms with Gasteiger partial charge in [0.2, 0.25) is 0 Å². The van der Waals surface area contributed by atoms with Gasteiger partial charge in [-0.05, 0) is 24.5 Å². The normalized spacial score (nSPS) is 17.9. The number of benzene rings is 1. The van der Waals surface area contributed by atoms with Crippen LogP contribution in [0.4, 0.5) is 0 Å². The summed E-state index contributed by atoms with van der Waals surface area (Å²) in [5, 5.41) is 0. The molecule has 0 fully saturated rings. The quantitative estimate of drug-likeness (QED) is 0.851. The smallest absolute Gasteiger partial charge is 0.300 e. The second-order valence-corrected chi connectivity index (χ2v) is 5.96. The van der Waals surface area contributed by atoms with Crippen molar-refractivity contribution < 1.29 is 9.47 Å². The standard InChI is InChI=1S/C17H20N2O3/c1-12(2)10-14(21-13-6-4-3-5-7-13)15-11-19-9-8-16(20)18-17(19)22-15/h3-9,12,14-15H,10-11H2,1-2H3. The molecule has 2 aromatic rings. The molecule has 2 heterocycles. The molecule has 0 aliphatic carbocycles. The topological polar surface area (TPSA) is 53.4 Å². The Balaban J connectivity index is 1.77. The fourth-order valence-corrected chi connectivity index (χ4v) is 2.62. The van der Waals surface area contributed by atoms with Gasteiger partial charge in [0.1, 0.15) is 11.9 Å². The van der Waals surface area contributed by atoms with Crippen LogP contribution >= 0.6 is 0 Å². The van der Waals surface area contributed by atoms with Gasteiger partial charge >= 0.3 is 0 Å². The van der Waals surface area contributed by atoms with Crippen LogP contribution < -0.4 is 15.0 Å². The lowest BCUT2D eigenvalue weighted by Gasteiger charge is -2.25. The van der Waals surface area contributed by atoms with Crippen LogP contribution in [0.1, 0.15) is 20.3 Å². The molecule has 1 aromatic carbocycles. The molecule has 5 nitrogen and oxygen atoms in total. The first kappa shape index (κ1) is 14.6. The van der Waals surface area contributed by atoms with E-state index in [1.807, 2.05) is 34.9 Å². The Bertz CT molecular complexity index is 682. The predicted octanol–water partition coefficient (Wildman–Crippen LogP) is 2.50. The first-order valence-electron chi connectivity index (χ1n) is 7.57. The van der Waals surface area contributed by atoms with E-state index in [0.29, 0.717) is 18.5 Å². The minimum Gasteiger partial charge on any atom is -0.486 e. The third-order valence-electron chi connectivity index (χ3n) is 3.63. The van der Waals surface area contributed by atoms with Crippen molar-refractivity contribution in [2.45, 2.75) is 39.0 Å². The van der Waals surface area contributed by atoms with Gasteiger partial charge in [0.25, 0.3) is 11.6 Å². The molecule has 0 amide bonds. The monoisotopic (exact) mass is 300 g/mol. The fourth-order valence-electron chi connectivity index (χ4n) is 2.62. The summed E-state index contributed by atoms with van der Waals surface area (Å²) in [5.74, 6) is 1.31. The molecule has 3 rings (SSSR count). The SMILES string of the molecule is CC(C)CC(Oc1ccccc1)C1Cn2ccc(=O)nc2O1. The first-order chi connectivity index (χ1) is 10.6. The van der Waals surface area contributed by atoms with Crippen molar-refractivity contribution in [2.75, 3.05) is 0 Å².